The monoisotopic (exact) mass is 396 g/mol. The minimum Gasteiger partial charge on any atom is -0.367 e. The summed E-state index contributed by atoms with van der Waals surface area (Å²) in [6.07, 6.45) is 8.48. The average molecular weight is 396 g/mol. The Bertz CT molecular complexity index is 1210. The van der Waals surface area contributed by atoms with E-state index < -0.39 is 0 Å². The van der Waals surface area contributed by atoms with Gasteiger partial charge in [0.15, 0.2) is 0 Å². The number of nitrogens with zero attached hydrogens (tertiary/aromatic N) is 4. The van der Waals surface area contributed by atoms with Gasteiger partial charge in [-0.05, 0) is 47.7 Å². The Labute approximate surface area is 173 Å². The van der Waals surface area contributed by atoms with Crippen molar-refractivity contribution in [2.45, 2.75) is 25.4 Å². The molecule has 0 bridgehead atoms. The Hall–Kier alpha value is -3.87. The predicted molar refractivity (Wildman–Crippen MR) is 115 cm³/mol. The molecule has 0 spiro atoms. The first-order valence-electron chi connectivity index (χ1n) is 9.91. The number of amides is 1. The summed E-state index contributed by atoms with van der Waals surface area (Å²) in [5.41, 5.74) is 4.39. The highest BCUT2D eigenvalue weighted by Crippen LogP contribution is 2.30. The van der Waals surface area contributed by atoms with Gasteiger partial charge in [0.05, 0.1) is 11.7 Å². The van der Waals surface area contributed by atoms with Crippen molar-refractivity contribution in [3.63, 3.8) is 0 Å². The standard InChI is InChI=1S/C23H20N6O/c30-23(21-13-24-8-9-25-21)26-12-15-2-1-3-16(10-15)17-4-7-20-19(11-17)22(28-14-27-20)29-18-5-6-18/h1-4,7-11,13-14,18H,5-6,12H2,(H,26,30)(H,27,28,29). The van der Waals surface area contributed by atoms with E-state index in [0.717, 1.165) is 33.4 Å². The van der Waals surface area contributed by atoms with E-state index in [1.807, 2.05) is 18.2 Å². The lowest BCUT2D eigenvalue weighted by molar-refractivity contribution is 0.0945. The summed E-state index contributed by atoms with van der Waals surface area (Å²) in [6, 6.07) is 14.9. The van der Waals surface area contributed by atoms with E-state index in [2.05, 4.69) is 54.8 Å². The molecule has 0 aliphatic heterocycles. The zero-order valence-corrected chi connectivity index (χ0v) is 16.2. The van der Waals surface area contributed by atoms with Crippen molar-refractivity contribution >= 4 is 22.6 Å². The smallest absolute Gasteiger partial charge is 0.271 e. The molecule has 1 amide bonds. The van der Waals surface area contributed by atoms with Crippen LogP contribution in [0.5, 0.6) is 0 Å². The summed E-state index contributed by atoms with van der Waals surface area (Å²) in [5, 5.41) is 7.39. The lowest BCUT2D eigenvalue weighted by Crippen LogP contribution is -2.23. The number of aromatic nitrogens is 4. The van der Waals surface area contributed by atoms with E-state index >= 15 is 0 Å². The normalized spacial score (nSPS) is 13.2. The molecule has 7 heteroatoms. The van der Waals surface area contributed by atoms with Crippen LogP contribution in [-0.2, 0) is 6.54 Å². The summed E-state index contributed by atoms with van der Waals surface area (Å²) in [7, 11) is 0. The molecule has 7 nitrogen and oxygen atoms in total. The van der Waals surface area contributed by atoms with Crippen LogP contribution >= 0.6 is 0 Å². The molecule has 2 heterocycles. The molecule has 0 radical (unpaired) electrons. The second-order valence-corrected chi connectivity index (χ2v) is 7.35. The van der Waals surface area contributed by atoms with E-state index in [4.69, 9.17) is 0 Å². The minimum absolute atomic E-state index is 0.243. The first kappa shape index (κ1) is 18.2. The lowest BCUT2D eigenvalue weighted by Gasteiger charge is -2.10. The number of hydrogen-bond donors (Lipinski definition) is 2. The van der Waals surface area contributed by atoms with Crippen LogP contribution in [0.25, 0.3) is 22.0 Å². The summed E-state index contributed by atoms with van der Waals surface area (Å²) >= 11 is 0. The number of carbonyl (C=O) groups is 1. The maximum atomic E-state index is 12.2. The molecular weight excluding hydrogens is 376 g/mol. The van der Waals surface area contributed by atoms with Gasteiger partial charge in [0.2, 0.25) is 0 Å². The molecule has 2 N–H and O–H groups in total. The van der Waals surface area contributed by atoms with Gasteiger partial charge in [-0.1, -0.05) is 24.3 Å². The third kappa shape index (κ3) is 3.96. The average Bonchev–Trinajstić information content (AvgIpc) is 3.62. The Morgan fingerprint density at radius 2 is 1.90 bits per heavy atom. The molecule has 2 aromatic heterocycles. The first-order valence-corrected chi connectivity index (χ1v) is 9.91. The van der Waals surface area contributed by atoms with E-state index in [-0.39, 0.29) is 5.91 Å². The second-order valence-electron chi connectivity index (χ2n) is 7.35. The number of hydrogen-bond acceptors (Lipinski definition) is 6. The fourth-order valence-corrected chi connectivity index (χ4v) is 3.32. The Kier molecular flexibility index (Phi) is 4.77. The summed E-state index contributed by atoms with van der Waals surface area (Å²) < 4.78 is 0. The van der Waals surface area contributed by atoms with Crippen LogP contribution in [-0.4, -0.2) is 31.9 Å². The van der Waals surface area contributed by atoms with E-state index in [0.29, 0.717) is 18.3 Å². The zero-order valence-electron chi connectivity index (χ0n) is 16.2. The molecule has 30 heavy (non-hydrogen) atoms. The molecule has 4 aromatic rings. The number of carbonyl (C=O) groups excluding carboxylic acids is 1. The predicted octanol–water partition coefficient (Wildman–Crippen LogP) is 3.59. The van der Waals surface area contributed by atoms with Crippen LogP contribution in [0, 0.1) is 0 Å². The van der Waals surface area contributed by atoms with Gasteiger partial charge in [-0.2, -0.15) is 0 Å². The fraction of sp³-hybridized carbons (Fsp3) is 0.174. The number of benzene rings is 2. The molecular formula is C23H20N6O. The van der Waals surface area contributed by atoms with Gasteiger partial charge >= 0.3 is 0 Å². The molecule has 0 unspecified atom stereocenters. The van der Waals surface area contributed by atoms with Gasteiger partial charge in [-0.25, -0.2) is 15.0 Å². The SMILES string of the molecule is O=C(NCc1cccc(-c2ccc3ncnc(NC4CC4)c3c2)c1)c1cnccn1. The Morgan fingerprint density at radius 3 is 2.73 bits per heavy atom. The van der Waals surface area contributed by atoms with Crippen LogP contribution in [0.1, 0.15) is 28.9 Å². The van der Waals surface area contributed by atoms with Crippen LogP contribution in [0.15, 0.2) is 67.4 Å². The number of nitrogens with one attached hydrogen (secondary N) is 2. The summed E-state index contributed by atoms with van der Waals surface area (Å²) in [5.74, 6) is 0.642. The molecule has 1 aliphatic carbocycles. The second kappa shape index (κ2) is 7.87. The van der Waals surface area contributed by atoms with Gasteiger partial charge in [-0.15, -0.1) is 0 Å². The maximum Gasteiger partial charge on any atom is 0.271 e. The largest absolute Gasteiger partial charge is 0.367 e. The zero-order chi connectivity index (χ0) is 20.3. The van der Waals surface area contributed by atoms with Gasteiger partial charge in [0.1, 0.15) is 17.8 Å². The molecule has 5 rings (SSSR count). The van der Waals surface area contributed by atoms with Crippen molar-refractivity contribution in [2.24, 2.45) is 0 Å². The van der Waals surface area contributed by atoms with Crippen molar-refractivity contribution in [1.82, 2.24) is 25.3 Å². The highest BCUT2D eigenvalue weighted by atomic mass is 16.1. The molecule has 0 saturated heterocycles. The Balaban J connectivity index is 1.38. The number of anilines is 1. The number of fused-ring (bicyclic) bond motifs is 1. The van der Waals surface area contributed by atoms with Crippen LogP contribution in [0.3, 0.4) is 0 Å². The lowest BCUT2D eigenvalue weighted by atomic mass is 10.0. The highest BCUT2D eigenvalue weighted by Gasteiger charge is 2.22. The maximum absolute atomic E-state index is 12.2. The molecule has 1 aliphatic rings. The van der Waals surface area contributed by atoms with Crippen LogP contribution in [0.4, 0.5) is 5.82 Å². The molecule has 148 valence electrons. The molecule has 1 fully saturated rings. The van der Waals surface area contributed by atoms with Gasteiger partial charge in [0, 0.05) is 30.4 Å². The van der Waals surface area contributed by atoms with E-state index in [1.165, 1.54) is 25.2 Å². The summed E-state index contributed by atoms with van der Waals surface area (Å²) in [6.45, 7) is 0.411. The van der Waals surface area contributed by atoms with Crippen molar-refractivity contribution in [1.29, 1.82) is 0 Å². The molecule has 0 atom stereocenters. The first-order chi connectivity index (χ1) is 14.8. The highest BCUT2D eigenvalue weighted by molar-refractivity contribution is 5.93. The topological polar surface area (TPSA) is 92.7 Å². The molecule has 2 aromatic carbocycles. The quantitative estimate of drug-likeness (QED) is 0.517. The third-order valence-electron chi connectivity index (χ3n) is 5.06. The number of rotatable bonds is 6. The fourth-order valence-electron chi connectivity index (χ4n) is 3.32. The van der Waals surface area contributed by atoms with E-state index in [9.17, 15) is 4.79 Å². The van der Waals surface area contributed by atoms with Gasteiger partial charge in [-0.3, -0.25) is 9.78 Å². The van der Waals surface area contributed by atoms with Crippen LogP contribution < -0.4 is 10.6 Å². The minimum atomic E-state index is -0.243. The van der Waals surface area contributed by atoms with Crippen molar-refractivity contribution in [3.8, 4) is 11.1 Å². The Morgan fingerprint density at radius 1 is 1.00 bits per heavy atom. The van der Waals surface area contributed by atoms with E-state index in [1.54, 1.807) is 12.5 Å². The van der Waals surface area contributed by atoms with Gasteiger partial charge < -0.3 is 10.6 Å². The summed E-state index contributed by atoms with van der Waals surface area (Å²) in [4.78, 5) is 29.0. The van der Waals surface area contributed by atoms with Crippen molar-refractivity contribution < 1.29 is 4.79 Å². The van der Waals surface area contributed by atoms with Crippen molar-refractivity contribution in [2.75, 3.05) is 5.32 Å². The van der Waals surface area contributed by atoms with Gasteiger partial charge in [0.25, 0.3) is 5.91 Å². The van der Waals surface area contributed by atoms with Crippen molar-refractivity contribution in [3.05, 3.63) is 78.6 Å². The molecule has 1 saturated carbocycles. The third-order valence-corrected chi connectivity index (χ3v) is 5.06. The van der Waals surface area contributed by atoms with Crippen LogP contribution in [0.2, 0.25) is 0 Å².